The van der Waals surface area contributed by atoms with E-state index in [-0.39, 0.29) is 12.3 Å². The zero-order valence-electron chi connectivity index (χ0n) is 9.82. The number of nitrogens with one attached hydrogen (secondary N) is 2. The van der Waals surface area contributed by atoms with E-state index in [0.717, 1.165) is 31.4 Å². The SMILES string of the molecule is O=C(NCc1ccccc1)NC1CCCCO1. The number of hydrogen-bond acceptors (Lipinski definition) is 2. The normalized spacial score (nSPS) is 19.6. The number of carbonyl (C=O) groups excluding carboxylic acids is 1. The maximum Gasteiger partial charge on any atom is 0.317 e. The molecule has 17 heavy (non-hydrogen) atoms. The fraction of sp³-hybridized carbons (Fsp3) is 0.462. The lowest BCUT2D eigenvalue weighted by molar-refractivity contribution is 0.00232. The predicted molar refractivity (Wildman–Crippen MR) is 65.4 cm³/mol. The van der Waals surface area contributed by atoms with Gasteiger partial charge in [0.2, 0.25) is 0 Å². The zero-order valence-corrected chi connectivity index (χ0v) is 9.82. The van der Waals surface area contributed by atoms with Gasteiger partial charge in [-0.3, -0.25) is 0 Å². The molecule has 2 N–H and O–H groups in total. The van der Waals surface area contributed by atoms with Crippen LogP contribution in [-0.4, -0.2) is 18.9 Å². The van der Waals surface area contributed by atoms with Gasteiger partial charge in [-0.1, -0.05) is 30.3 Å². The van der Waals surface area contributed by atoms with Gasteiger partial charge in [0, 0.05) is 13.2 Å². The highest BCUT2D eigenvalue weighted by Gasteiger charge is 2.15. The molecule has 0 aliphatic carbocycles. The van der Waals surface area contributed by atoms with E-state index in [9.17, 15) is 4.79 Å². The molecule has 0 bridgehead atoms. The Hall–Kier alpha value is -1.55. The van der Waals surface area contributed by atoms with Crippen LogP contribution in [-0.2, 0) is 11.3 Å². The minimum Gasteiger partial charge on any atom is -0.358 e. The number of rotatable bonds is 3. The van der Waals surface area contributed by atoms with Crippen LogP contribution < -0.4 is 10.6 Å². The molecule has 1 aromatic carbocycles. The molecule has 1 aliphatic heterocycles. The summed E-state index contributed by atoms with van der Waals surface area (Å²) in [6.45, 7) is 1.28. The molecular formula is C13H18N2O2. The van der Waals surface area contributed by atoms with Crippen LogP contribution in [0, 0.1) is 0 Å². The summed E-state index contributed by atoms with van der Waals surface area (Å²) in [5.74, 6) is 0. The van der Waals surface area contributed by atoms with Gasteiger partial charge in [0.15, 0.2) is 0 Å². The molecule has 4 nitrogen and oxygen atoms in total. The molecule has 1 atom stereocenters. The van der Waals surface area contributed by atoms with Gasteiger partial charge in [0.1, 0.15) is 6.23 Å². The lowest BCUT2D eigenvalue weighted by Crippen LogP contribution is -2.44. The fourth-order valence-electron chi connectivity index (χ4n) is 1.83. The monoisotopic (exact) mass is 234 g/mol. The van der Waals surface area contributed by atoms with Gasteiger partial charge < -0.3 is 15.4 Å². The van der Waals surface area contributed by atoms with Crippen LogP contribution in [0.3, 0.4) is 0 Å². The number of amides is 2. The van der Waals surface area contributed by atoms with E-state index in [2.05, 4.69) is 10.6 Å². The zero-order chi connectivity index (χ0) is 11.9. The molecule has 2 amide bonds. The second-order valence-corrected chi connectivity index (χ2v) is 4.17. The van der Waals surface area contributed by atoms with Crippen molar-refractivity contribution >= 4 is 6.03 Å². The first-order valence-electron chi connectivity index (χ1n) is 6.04. The van der Waals surface area contributed by atoms with E-state index < -0.39 is 0 Å². The van der Waals surface area contributed by atoms with E-state index in [1.165, 1.54) is 0 Å². The quantitative estimate of drug-likeness (QED) is 0.840. The number of ether oxygens (including phenoxy) is 1. The van der Waals surface area contributed by atoms with E-state index in [1.54, 1.807) is 0 Å². The molecule has 0 radical (unpaired) electrons. The van der Waals surface area contributed by atoms with Gasteiger partial charge in [-0.05, 0) is 24.8 Å². The second-order valence-electron chi connectivity index (χ2n) is 4.17. The predicted octanol–water partition coefficient (Wildman–Crippen LogP) is 2.01. The molecule has 2 rings (SSSR count). The van der Waals surface area contributed by atoms with Crippen molar-refractivity contribution in [2.75, 3.05) is 6.61 Å². The van der Waals surface area contributed by atoms with Crippen molar-refractivity contribution in [3.63, 3.8) is 0 Å². The molecular weight excluding hydrogens is 216 g/mol. The van der Waals surface area contributed by atoms with Gasteiger partial charge in [-0.25, -0.2) is 4.79 Å². The average molecular weight is 234 g/mol. The Morgan fingerprint density at radius 1 is 1.29 bits per heavy atom. The Labute approximate surface area is 101 Å². The first kappa shape index (κ1) is 11.9. The minimum atomic E-state index is -0.166. The van der Waals surface area contributed by atoms with Crippen LogP contribution >= 0.6 is 0 Å². The van der Waals surface area contributed by atoms with Crippen molar-refractivity contribution in [3.05, 3.63) is 35.9 Å². The molecule has 1 heterocycles. The molecule has 1 fully saturated rings. The van der Waals surface area contributed by atoms with Gasteiger partial charge in [-0.15, -0.1) is 0 Å². The summed E-state index contributed by atoms with van der Waals surface area (Å²) in [4.78, 5) is 11.6. The summed E-state index contributed by atoms with van der Waals surface area (Å²) in [5.41, 5.74) is 1.09. The lowest BCUT2D eigenvalue weighted by Gasteiger charge is -2.23. The smallest absolute Gasteiger partial charge is 0.317 e. The third kappa shape index (κ3) is 4.07. The van der Waals surface area contributed by atoms with Crippen LogP contribution in [0.4, 0.5) is 4.79 Å². The van der Waals surface area contributed by atoms with Crippen molar-refractivity contribution in [1.29, 1.82) is 0 Å². The van der Waals surface area contributed by atoms with Crippen LogP contribution in [0.2, 0.25) is 0 Å². The average Bonchev–Trinajstić information content (AvgIpc) is 2.39. The van der Waals surface area contributed by atoms with Crippen LogP contribution in [0.25, 0.3) is 0 Å². The summed E-state index contributed by atoms with van der Waals surface area (Å²) in [6, 6.07) is 9.67. The van der Waals surface area contributed by atoms with Crippen LogP contribution in [0.5, 0.6) is 0 Å². The van der Waals surface area contributed by atoms with Gasteiger partial charge in [0.25, 0.3) is 0 Å². The Bertz CT molecular complexity index is 348. The molecule has 1 unspecified atom stereocenters. The molecule has 0 aromatic heterocycles. The van der Waals surface area contributed by atoms with Crippen molar-refractivity contribution < 1.29 is 9.53 Å². The molecule has 0 saturated carbocycles. The Morgan fingerprint density at radius 2 is 2.12 bits per heavy atom. The first-order chi connectivity index (χ1) is 8.34. The molecule has 1 aromatic rings. The van der Waals surface area contributed by atoms with E-state index >= 15 is 0 Å². The van der Waals surface area contributed by atoms with Crippen molar-refractivity contribution in [3.8, 4) is 0 Å². The molecule has 4 heteroatoms. The number of benzene rings is 1. The van der Waals surface area contributed by atoms with Crippen LogP contribution in [0.1, 0.15) is 24.8 Å². The maximum atomic E-state index is 11.6. The summed E-state index contributed by atoms with van der Waals surface area (Å²) in [7, 11) is 0. The second kappa shape index (κ2) is 6.25. The first-order valence-corrected chi connectivity index (χ1v) is 6.04. The van der Waals surface area contributed by atoms with E-state index in [0.29, 0.717) is 6.54 Å². The summed E-state index contributed by atoms with van der Waals surface area (Å²) >= 11 is 0. The largest absolute Gasteiger partial charge is 0.358 e. The van der Waals surface area contributed by atoms with Gasteiger partial charge >= 0.3 is 6.03 Å². The van der Waals surface area contributed by atoms with Crippen molar-refractivity contribution in [2.24, 2.45) is 0 Å². The number of hydrogen-bond donors (Lipinski definition) is 2. The standard InChI is InChI=1S/C13H18N2O2/c16-13(15-12-8-4-5-9-17-12)14-10-11-6-2-1-3-7-11/h1-3,6-7,12H,4-5,8-10H2,(H2,14,15,16). The topological polar surface area (TPSA) is 50.4 Å². The highest BCUT2D eigenvalue weighted by molar-refractivity contribution is 5.74. The Kier molecular flexibility index (Phi) is 4.38. The summed E-state index contributed by atoms with van der Waals surface area (Å²) in [5, 5.41) is 5.63. The molecule has 1 aliphatic rings. The van der Waals surface area contributed by atoms with Gasteiger partial charge in [0.05, 0.1) is 0 Å². The van der Waals surface area contributed by atoms with E-state index in [1.807, 2.05) is 30.3 Å². The minimum absolute atomic E-state index is 0.125. The Morgan fingerprint density at radius 3 is 2.82 bits per heavy atom. The fourth-order valence-corrected chi connectivity index (χ4v) is 1.83. The van der Waals surface area contributed by atoms with Crippen LogP contribution in [0.15, 0.2) is 30.3 Å². The third-order valence-electron chi connectivity index (χ3n) is 2.77. The van der Waals surface area contributed by atoms with Crippen molar-refractivity contribution in [1.82, 2.24) is 10.6 Å². The molecule has 0 spiro atoms. The summed E-state index contributed by atoms with van der Waals surface area (Å²) < 4.78 is 5.43. The third-order valence-corrected chi connectivity index (χ3v) is 2.77. The molecule has 92 valence electrons. The lowest BCUT2D eigenvalue weighted by atomic mass is 10.2. The Balaban J connectivity index is 1.70. The maximum absolute atomic E-state index is 11.6. The summed E-state index contributed by atoms with van der Waals surface area (Å²) in [6.07, 6.45) is 2.98. The number of urea groups is 1. The number of carbonyl (C=O) groups is 1. The van der Waals surface area contributed by atoms with Gasteiger partial charge in [-0.2, -0.15) is 0 Å². The molecule has 1 saturated heterocycles. The highest BCUT2D eigenvalue weighted by atomic mass is 16.5. The van der Waals surface area contributed by atoms with Crippen molar-refractivity contribution in [2.45, 2.75) is 32.0 Å². The van der Waals surface area contributed by atoms with E-state index in [4.69, 9.17) is 4.74 Å². The highest BCUT2D eigenvalue weighted by Crippen LogP contribution is 2.09.